The van der Waals surface area contributed by atoms with Crippen molar-refractivity contribution in [3.63, 3.8) is 0 Å². The summed E-state index contributed by atoms with van der Waals surface area (Å²) in [4.78, 5) is 14.0. The summed E-state index contributed by atoms with van der Waals surface area (Å²) in [6, 6.07) is 15.7. The molecule has 3 aromatic rings. The van der Waals surface area contributed by atoms with Crippen molar-refractivity contribution in [1.82, 2.24) is 14.8 Å². The molecule has 1 amide bonds. The summed E-state index contributed by atoms with van der Waals surface area (Å²) >= 11 is 1.69. The number of ether oxygens (including phenoxy) is 1. The number of anilines is 1. The lowest BCUT2D eigenvalue weighted by molar-refractivity contribution is 0.102. The van der Waals surface area contributed by atoms with Crippen LogP contribution in [0.5, 0.6) is 0 Å². The second-order valence-electron chi connectivity index (χ2n) is 8.38. The van der Waals surface area contributed by atoms with Crippen LogP contribution in [0.3, 0.4) is 0 Å². The van der Waals surface area contributed by atoms with Crippen LogP contribution in [0.15, 0.2) is 53.4 Å². The van der Waals surface area contributed by atoms with Gasteiger partial charge in [-0.15, -0.1) is 22.0 Å². The number of hydrogen-bond donors (Lipinski definition) is 1. The first-order valence-corrected chi connectivity index (χ1v) is 12.4. The maximum Gasteiger partial charge on any atom is 0.256 e. The minimum Gasteiger partial charge on any atom is -0.377 e. The zero-order chi connectivity index (χ0) is 21.8. The van der Waals surface area contributed by atoms with Crippen molar-refractivity contribution in [3.05, 3.63) is 59.9 Å². The molecule has 0 bridgehead atoms. The second-order valence-corrected chi connectivity index (χ2v) is 9.44. The number of hydrogen-bond acceptors (Lipinski definition) is 5. The molecule has 3 heterocycles. The largest absolute Gasteiger partial charge is 0.377 e. The summed E-state index contributed by atoms with van der Waals surface area (Å²) in [6.45, 7) is 1.82. The van der Waals surface area contributed by atoms with Crippen LogP contribution in [0, 0.1) is 0 Å². The third kappa shape index (κ3) is 4.74. The van der Waals surface area contributed by atoms with Gasteiger partial charge in [-0.1, -0.05) is 18.6 Å². The summed E-state index contributed by atoms with van der Waals surface area (Å²) in [7, 11) is 0. The quantitative estimate of drug-likeness (QED) is 0.525. The number of nitrogens with zero attached hydrogens (tertiary/aromatic N) is 3. The number of nitrogens with one attached hydrogen (secondary N) is 1. The normalized spacial score (nSPS) is 18.2. The fourth-order valence-corrected chi connectivity index (χ4v) is 5.46. The number of aryl methyl sites for hydroxylation is 1. The Balaban J connectivity index is 1.27. The smallest absolute Gasteiger partial charge is 0.256 e. The van der Waals surface area contributed by atoms with E-state index in [1.807, 2.05) is 48.5 Å². The number of aromatic nitrogens is 3. The van der Waals surface area contributed by atoms with Gasteiger partial charge in [0.25, 0.3) is 5.91 Å². The highest BCUT2D eigenvalue weighted by Crippen LogP contribution is 2.28. The molecule has 6 nitrogen and oxygen atoms in total. The van der Waals surface area contributed by atoms with Crippen LogP contribution < -0.4 is 5.32 Å². The fourth-order valence-electron chi connectivity index (χ4n) is 4.34. The maximum absolute atomic E-state index is 13.0. The first-order chi connectivity index (χ1) is 15.8. The van der Waals surface area contributed by atoms with Crippen LogP contribution in [-0.2, 0) is 17.7 Å². The van der Waals surface area contributed by atoms with Gasteiger partial charge in [0.1, 0.15) is 5.82 Å². The zero-order valence-corrected chi connectivity index (χ0v) is 18.9. The predicted molar refractivity (Wildman–Crippen MR) is 127 cm³/mol. The second kappa shape index (κ2) is 9.88. The van der Waals surface area contributed by atoms with E-state index in [2.05, 4.69) is 20.1 Å². The first kappa shape index (κ1) is 21.2. The van der Waals surface area contributed by atoms with Crippen LogP contribution in [-0.4, -0.2) is 39.1 Å². The summed E-state index contributed by atoms with van der Waals surface area (Å²) in [5.74, 6) is 2.77. The van der Waals surface area contributed by atoms with Gasteiger partial charge in [-0.3, -0.25) is 4.79 Å². The molecule has 32 heavy (non-hydrogen) atoms. The molecule has 2 aliphatic heterocycles. The van der Waals surface area contributed by atoms with Gasteiger partial charge in [0.15, 0.2) is 5.82 Å². The number of rotatable bonds is 6. The third-order valence-corrected chi connectivity index (χ3v) is 7.30. The molecule has 2 aromatic carbocycles. The van der Waals surface area contributed by atoms with Gasteiger partial charge in [-0.25, -0.2) is 0 Å². The van der Waals surface area contributed by atoms with Crippen LogP contribution in [0.25, 0.3) is 11.4 Å². The minimum absolute atomic E-state index is 0.0930. The van der Waals surface area contributed by atoms with Crippen LogP contribution in [0.2, 0.25) is 0 Å². The first-order valence-electron chi connectivity index (χ1n) is 11.5. The average Bonchev–Trinajstić information content (AvgIpc) is 3.43. The van der Waals surface area contributed by atoms with E-state index in [9.17, 15) is 4.79 Å². The van der Waals surface area contributed by atoms with Crippen LogP contribution in [0.1, 0.15) is 48.3 Å². The Labute approximate surface area is 192 Å². The molecule has 1 fully saturated rings. The van der Waals surface area contributed by atoms with E-state index in [0.717, 1.165) is 72.4 Å². The number of amides is 1. The van der Waals surface area contributed by atoms with Crippen molar-refractivity contribution >= 4 is 23.4 Å². The van der Waals surface area contributed by atoms with Crippen molar-refractivity contribution in [3.8, 4) is 11.4 Å². The van der Waals surface area contributed by atoms with Gasteiger partial charge in [-0.05, 0) is 62.1 Å². The molecule has 2 aliphatic rings. The standard InChI is InChI=1S/C25H28N4O2S/c30-25(21-8-3-4-9-22(21)32-17-20-7-6-16-31-20)26-19-13-11-18(12-14-19)24-28-27-23-10-2-1-5-15-29(23)24/h3-4,8-9,11-14,20H,1-2,5-7,10,15-17H2,(H,26,30). The highest BCUT2D eigenvalue weighted by atomic mass is 32.2. The molecule has 1 N–H and O–H groups in total. The van der Waals surface area contributed by atoms with Crippen molar-refractivity contribution in [2.45, 2.75) is 56.1 Å². The molecule has 1 aromatic heterocycles. The summed E-state index contributed by atoms with van der Waals surface area (Å²) in [5, 5.41) is 11.9. The highest BCUT2D eigenvalue weighted by molar-refractivity contribution is 7.99. The average molecular weight is 449 g/mol. The van der Waals surface area contributed by atoms with Gasteiger partial charge in [0.05, 0.1) is 11.7 Å². The Hall–Kier alpha value is -2.64. The van der Waals surface area contributed by atoms with Gasteiger partial charge in [-0.2, -0.15) is 0 Å². The molecule has 1 unspecified atom stereocenters. The molecule has 5 rings (SSSR count). The molecule has 1 saturated heterocycles. The van der Waals surface area contributed by atoms with E-state index >= 15 is 0 Å². The van der Waals surface area contributed by atoms with E-state index in [4.69, 9.17) is 4.74 Å². The van der Waals surface area contributed by atoms with E-state index in [1.165, 1.54) is 12.8 Å². The molecule has 0 saturated carbocycles. The predicted octanol–water partition coefficient (Wildman–Crippen LogP) is 5.19. The van der Waals surface area contributed by atoms with Crippen LogP contribution >= 0.6 is 11.8 Å². The number of fused-ring (bicyclic) bond motifs is 1. The van der Waals surface area contributed by atoms with Gasteiger partial charge < -0.3 is 14.6 Å². The highest BCUT2D eigenvalue weighted by Gasteiger charge is 2.19. The van der Waals surface area contributed by atoms with Crippen molar-refractivity contribution in [2.24, 2.45) is 0 Å². The molecule has 166 valence electrons. The Bertz CT molecular complexity index is 1070. The SMILES string of the molecule is O=C(Nc1ccc(-c2nnc3n2CCCCC3)cc1)c1ccccc1SCC1CCCO1. The van der Waals surface area contributed by atoms with Gasteiger partial charge in [0.2, 0.25) is 0 Å². The lowest BCUT2D eigenvalue weighted by Gasteiger charge is -2.13. The molecule has 0 radical (unpaired) electrons. The van der Waals surface area contributed by atoms with Gasteiger partial charge >= 0.3 is 0 Å². The van der Waals surface area contributed by atoms with Crippen molar-refractivity contribution in [2.75, 3.05) is 17.7 Å². The van der Waals surface area contributed by atoms with Crippen LogP contribution in [0.4, 0.5) is 5.69 Å². The molecule has 0 aliphatic carbocycles. The van der Waals surface area contributed by atoms with Crippen molar-refractivity contribution in [1.29, 1.82) is 0 Å². The molecule has 0 spiro atoms. The monoisotopic (exact) mass is 448 g/mol. The Morgan fingerprint density at radius 1 is 1.06 bits per heavy atom. The number of carbonyl (C=O) groups excluding carboxylic acids is 1. The Morgan fingerprint density at radius 2 is 1.94 bits per heavy atom. The van der Waals surface area contributed by atoms with Gasteiger partial charge in [0, 0.05) is 41.5 Å². The number of benzene rings is 2. The van der Waals surface area contributed by atoms with E-state index in [0.29, 0.717) is 5.56 Å². The Morgan fingerprint density at radius 3 is 2.78 bits per heavy atom. The lowest BCUT2D eigenvalue weighted by Crippen LogP contribution is -2.14. The van der Waals surface area contributed by atoms with E-state index in [-0.39, 0.29) is 12.0 Å². The molecular weight excluding hydrogens is 420 g/mol. The topological polar surface area (TPSA) is 69.0 Å². The lowest BCUT2D eigenvalue weighted by atomic mass is 10.1. The third-order valence-electron chi connectivity index (χ3n) is 6.09. The molecule has 1 atom stereocenters. The number of carbonyl (C=O) groups is 1. The Kier molecular flexibility index (Phi) is 6.55. The maximum atomic E-state index is 13.0. The van der Waals surface area contributed by atoms with E-state index in [1.54, 1.807) is 11.8 Å². The fraction of sp³-hybridized carbons (Fsp3) is 0.400. The van der Waals surface area contributed by atoms with E-state index < -0.39 is 0 Å². The summed E-state index contributed by atoms with van der Waals surface area (Å²) < 4.78 is 7.96. The summed E-state index contributed by atoms with van der Waals surface area (Å²) in [6.07, 6.45) is 7.08. The molecular formula is C25H28N4O2S. The number of thioether (sulfide) groups is 1. The summed E-state index contributed by atoms with van der Waals surface area (Å²) in [5.41, 5.74) is 2.49. The molecule has 7 heteroatoms. The zero-order valence-electron chi connectivity index (χ0n) is 18.1. The van der Waals surface area contributed by atoms with Crippen molar-refractivity contribution < 1.29 is 9.53 Å². The minimum atomic E-state index is -0.0930.